The van der Waals surface area contributed by atoms with E-state index in [4.69, 9.17) is 0 Å². The highest BCUT2D eigenvalue weighted by atomic mass is 32.2. The summed E-state index contributed by atoms with van der Waals surface area (Å²) in [7, 11) is 1.84. The van der Waals surface area contributed by atoms with Crippen LogP contribution in [0.1, 0.15) is 38.5 Å². The predicted octanol–water partition coefficient (Wildman–Crippen LogP) is 2.22. The van der Waals surface area contributed by atoms with E-state index >= 15 is 0 Å². The fraction of sp³-hybridized carbons (Fsp3) is 0.857. The van der Waals surface area contributed by atoms with Gasteiger partial charge in [-0.1, -0.05) is 12.8 Å². The molecule has 3 rings (SSSR count). The Morgan fingerprint density at radius 2 is 1.85 bits per heavy atom. The fourth-order valence-electron chi connectivity index (χ4n) is 3.33. The van der Waals surface area contributed by atoms with E-state index in [9.17, 15) is 14.7 Å². The van der Waals surface area contributed by atoms with E-state index in [1.807, 2.05) is 7.05 Å². The maximum atomic E-state index is 12.8. The number of carboxylic acids is 1. The second kappa shape index (κ2) is 5.47. The first-order valence-corrected chi connectivity index (χ1v) is 8.54. The second-order valence-corrected chi connectivity index (χ2v) is 7.30. The lowest BCUT2D eigenvalue weighted by Crippen LogP contribution is -2.53. The zero-order valence-corrected chi connectivity index (χ0v) is 12.6. The molecule has 6 heteroatoms. The number of rotatable bonds is 3. The van der Waals surface area contributed by atoms with Crippen LogP contribution in [0.3, 0.4) is 0 Å². The summed E-state index contributed by atoms with van der Waals surface area (Å²) in [5.74, 6) is 0.167. The second-order valence-electron chi connectivity index (χ2n) is 6.15. The lowest BCUT2D eigenvalue weighted by molar-refractivity contribution is -0.141. The molecule has 0 spiro atoms. The molecule has 1 saturated heterocycles. The van der Waals surface area contributed by atoms with Gasteiger partial charge in [-0.3, -0.25) is 4.90 Å². The van der Waals surface area contributed by atoms with Crippen molar-refractivity contribution in [3.63, 3.8) is 0 Å². The van der Waals surface area contributed by atoms with Gasteiger partial charge in [-0.25, -0.2) is 9.59 Å². The summed E-state index contributed by atoms with van der Waals surface area (Å²) in [4.78, 5) is 27.6. The van der Waals surface area contributed by atoms with Crippen molar-refractivity contribution in [2.24, 2.45) is 5.92 Å². The SMILES string of the molecule is CN(C(=O)N1C(C(=O)O)CSC1C1CC1)C1CCCC1. The molecule has 0 radical (unpaired) electrons. The third kappa shape index (κ3) is 2.50. The van der Waals surface area contributed by atoms with Gasteiger partial charge in [-0.2, -0.15) is 0 Å². The van der Waals surface area contributed by atoms with Crippen LogP contribution in [0.5, 0.6) is 0 Å². The standard InChI is InChI=1S/C14H22N2O3S/c1-15(10-4-2-3-5-10)14(19)16-11(13(17)18)8-20-12(16)9-6-7-9/h9-12H,2-8H2,1H3,(H,17,18). The molecule has 2 aliphatic carbocycles. The van der Waals surface area contributed by atoms with E-state index in [0.29, 0.717) is 17.7 Å². The van der Waals surface area contributed by atoms with Crippen molar-refractivity contribution in [2.75, 3.05) is 12.8 Å². The Kier molecular flexibility index (Phi) is 3.84. The van der Waals surface area contributed by atoms with Crippen LogP contribution in [-0.2, 0) is 4.79 Å². The minimum absolute atomic E-state index is 0.0763. The van der Waals surface area contributed by atoms with Crippen molar-refractivity contribution in [2.45, 2.75) is 56.0 Å². The van der Waals surface area contributed by atoms with Crippen molar-refractivity contribution in [3.8, 4) is 0 Å². The van der Waals surface area contributed by atoms with Crippen LogP contribution in [0, 0.1) is 5.92 Å². The number of thioether (sulfide) groups is 1. The Balaban J connectivity index is 1.75. The molecule has 2 saturated carbocycles. The highest BCUT2D eigenvalue weighted by Gasteiger charge is 2.49. The summed E-state index contributed by atoms with van der Waals surface area (Å²) in [6.07, 6.45) is 6.70. The van der Waals surface area contributed by atoms with Gasteiger partial charge in [0.1, 0.15) is 6.04 Å². The van der Waals surface area contributed by atoms with Gasteiger partial charge in [0, 0.05) is 18.8 Å². The summed E-state index contributed by atoms with van der Waals surface area (Å²) in [5.41, 5.74) is 0. The van der Waals surface area contributed by atoms with Gasteiger partial charge in [-0.15, -0.1) is 11.8 Å². The Morgan fingerprint density at radius 3 is 2.40 bits per heavy atom. The molecule has 0 bridgehead atoms. The molecule has 20 heavy (non-hydrogen) atoms. The van der Waals surface area contributed by atoms with Crippen molar-refractivity contribution in [1.82, 2.24) is 9.80 Å². The van der Waals surface area contributed by atoms with Crippen molar-refractivity contribution in [3.05, 3.63) is 0 Å². The van der Waals surface area contributed by atoms with Gasteiger partial charge in [0.05, 0.1) is 5.37 Å². The number of carbonyl (C=O) groups is 2. The van der Waals surface area contributed by atoms with E-state index in [1.165, 1.54) is 12.8 Å². The maximum Gasteiger partial charge on any atom is 0.327 e. The molecular formula is C14H22N2O3S. The van der Waals surface area contributed by atoms with Crippen LogP contribution in [0.2, 0.25) is 0 Å². The molecule has 1 aliphatic heterocycles. The van der Waals surface area contributed by atoms with E-state index in [2.05, 4.69) is 0 Å². The number of hydrogen-bond acceptors (Lipinski definition) is 3. The Bertz CT molecular complexity index is 407. The first kappa shape index (κ1) is 14.0. The molecule has 0 aromatic heterocycles. The molecule has 112 valence electrons. The van der Waals surface area contributed by atoms with E-state index in [-0.39, 0.29) is 11.4 Å². The van der Waals surface area contributed by atoms with Crippen molar-refractivity contribution in [1.29, 1.82) is 0 Å². The molecule has 2 unspecified atom stereocenters. The Hall–Kier alpha value is -0.910. The maximum absolute atomic E-state index is 12.8. The van der Waals surface area contributed by atoms with Gasteiger partial charge in [0.15, 0.2) is 0 Å². The van der Waals surface area contributed by atoms with Gasteiger partial charge >= 0.3 is 12.0 Å². The van der Waals surface area contributed by atoms with Crippen LogP contribution in [0.25, 0.3) is 0 Å². The molecule has 5 nitrogen and oxygen atoms in total. The monoisotopic (exact) mass is 298 g/mol. The van der Waals surface area contributed by atoms with Crippen molar-refractivity contribution < 1.29 is 14.7 Å². The van der Waals surface area contributed by atoms with Crippen LogP contribution in [0.15, 0.2) is 0 Å². The van der Waals surface area contributed by atoms with Crippen LogP contribution < -0.4 is 0 Å². The highest BCUT2D eigenvalue weighted by molar-refractivity contribution is 8.00. The molecule has 0 aromatic rings. The fourth-order valence-corrected chi connectivity index (χ4v) is 4.96. The lowest BCUT2D eigenvalue weighted by Gasteiger charge is -2.34. The van der Waals surface area contributed by atoms with Crippen LogP contribution >= 0.6 is 11.8 Å². The zero-order valence-electron chi connectivity index (χ0n) is 11.8. The lowest BCUT2D eigenvalue weighted by atomic mass is 10.2. The number of urea groups is 1. The van der Waals surface area contributed by atoms with E-state index < -0.39 is 12.0 Å². The molecule has 1 N–H and O–H groups in total. The summed E-state index contributed by atoms with van der Waals surface area (Å²) < 4.78 is 0. The first-order chi connectivity index (χ1) is 9.59. The number of carboxylic acid groups (broad SMARTS) is 1. The van der Waals surface area contributed by atoms with Crippen LogP contribution in [-0.4, -0.2) is 57.2 Å². The zero-order chi connectivity index (χ0) is 14.3. The van der Waals surface area contributed by atoms with Gasteiger partial charge in [0.2, 0.25) is 0 Å². The largest absolute Gasteiger partial charge is 0.480 e. The topological polar surface area (TPSA) is 60.9 Å². The third-order valence-corrected chi connectivity index (χ3v) is 6.20. The minimum atomic E-state index is -0.867. The molecule has 0 aromatic carbocycles. The summed E-state index contributed by atoms with van der Waals surface area (Å²) in [6.45, 7) is 0. The molecular weight excluding hydrogens is 276 g/mol. The van der Waals surface area contributed by atoms with Gasteiger partial charge < -0.3 is 10.0 Å². The summed E-state index contributed by atoms with van der Waals surface area (Å²) >= 11 is 1.64. The summed E-state index contributed by atoms with van der Waals surface area (Å²) in [6, 6.07) is -0.435. The first-order valence-electron chi connectivity index (χ1n) is 7.49. The molecule has 2 amide bonds. The van der Waals surface area contributed by atoms with E-state index in [0.717, 1.165) is 25.7 Å². The number of hydrogen-bond donors (Lipinski definition) is 1. The average Bonchev–Trinajstić information content (AvgIpc) is 2.96. The third-order valence-electron chi connectivity index (χ3n) is 4.74. The molecule has 1 heterocycles. The van der Waals surface area contributed by atoms with Crippen molar-refractivity contribution >= 4 is 23.8 Å². The highest BCUT2D eigenvalue weighted by Crippen LogP contribution is 2.46. The summed E-state index contributed by atoms with van der Waals surface area (Å²) in [5, 5.41) is 9.45. The number of aliphatic carboxylic acids is 1. The van der Waals surface area contributed by atoms with Gasteiger partial charge in [-0.05, 0) is 31.6 Å². The quantitative estimate of drug-likeness (QED) is 0.868. The molecule has 2 atom stereocenters. The minimum Gasteiger partial charge on any atom is -0.480 e. The Labute approximate surface area is 123 Å². The molecule has 3 fully saturated rings. The Morgan fingerprint density at radius 1 is 1.20 bits per heavy atom. The number of nitrogens with zero attached hydrogens (tertiary/aromatic N) is 2. The smallest absolute Gasteiger partial charge is 0.327 e. The van der Waals surface area contributed by atoms with E-state index in [1.54, 1.807) is 21.6 Å². The van der Waals surface area contributed by atoms with Gasteiger partial charge in [0.25, 0.3) is 0 Å². The van der Waals surface area contributed by atoms with Crippen LogP contribution in [0.4, 0.5) is 4.79 Å². The number of amides is 2. The average molecular weight is 298 g/mol. The number of carbonyl (C=O) groups excluding carboxylic acids is 1. The molecule has 3 aliphatic rings. The normalized spacial score (nSPS) is 30.8. The predicted molar refractivity (Wildman–Crippen MR) is 77.6 cm³/mol.